The van der Waals surface area contributed by atoms with E-state index < -0.39 is 5.82 Å². The minimum Gasteiger partial charge on any atom is -0.352 e. The Morgan fingerprint density at radius 1 is 1.14 bits per heavy atom. The minimum atomic E-state index is -0.455. The zero-order valence-corrected chi connectivity index (χ0v) is 21.0. The van der Waals surface area contributed by atoms with E-state index in [4.69, 9.17) is 16.6 Å². The van der Waals surface area contributed by atoms with Crippen LogP contribution in [-0.2, 0) is 6.54 Å². The van der Waals surface area contributed by atoms with E-state index in [1.807, 2.05) is 10.8 Å². The van der Waals surface area contributed by atoms with Crippen LogP contribution in [-0.4, -0.2) is 37.0 Å². The van der Waals surface area contributed by atoms with Gasteiger partial charge < -0.3 is 15.2 Å². The molecule has 1 aromatic carbocycles. The van der Waals surface area contributed by atoms with Gasteiger partial charge in [0.25, 0.3) is 5.91 Å². The highest BCUT2D eigenvalue weighted by Crippen LogP contribution is 2.38. The molecule has 2 N–H and O–H groups in total. The Bertz CT molecular complexity index is 1370. The number of rotatable bonds is 9. The highest BCUT2D eigenvalue weighted by molar-refractivity contribution is 6.30. The number of carbonyl (C=O) groups excluding carboxylic acids is 1. The van der Waals surface area contributed by atoms with Crippen molar-refractivity contribution >= 4 is 29.0 Å². The van der Waals surface area contributed by atoms with E-state index in [2.05, 4.69) is 25.6 Å². The molecule has 0 unspecified atom stereocenters. The van der Waals surface area contributed by atoms with Crippen molar-refractivity contribution in [3.63, 3.8) is 0 Å². The lowest BCUT2D eigenvalue weighted by Crippen LogP contribution is -2.26. The molecule has 3 heterocycles. The third-order valence-corrected chi connectivity index (χ3v) is 6.77. The fourth-order valence-electron chi connectivity index (χ4n) is 4.62. The van der Waals surface area contributed by atoms with E-state index in [0.717, 1.165) is 44.2 Å². The molecule has 0 aliphatic heterocycles. The van der Waals surface area contributed by atoms with Gasteiger partial charge in [-0.1, -0.05) is 24.4 Å². The second-order valence-corrected chi connectivity index (χ2v) is 9.50. The number of anilines is 2. The fourth-order valence-corrected chi connectivity index (χ4v) is 4.79. The van der Waals surface area contributed by atoms with Crippen LogP contribution < -0.4 is 10.6 Å². The molecule has 0 saturated heterocycles. The van der Waals surface area contributed by atoms with Gasteiger partial charge in [0.15, 0.2) is 5.82 Å². The summed E-state index contributed by atoms with van der Waals surface area (Å²) in [4.78, 5) is 30.4. The van der Waals surface area contributed by atoms with Crippen LogP contribution in [0, 0.1) is 5.82 Å². The Kier molecular flexibility index (Phi) is 7.70. The third kappa shape index (κ3) is 5.94. The Morgan fingerprint density at radius 3 is 2.81 bits per heavy atom. The molecule has 8 nitrogen and oxygen atoms in total. The molecule has 1 amide bonds. The van der Waals surface area contributed by atoms with Crippen LogP contribution in [0.25, 0.3) is 11.4 Å². The molecule has 1 aliphatic carbocycles. The van der Waals surface area contributed by atoms with Crippen molar-refractivity contribution in [3.8, 4) is 11.4 Å². The average molecular weight is 520 g/mol. The number of aryl methyl sites for hydroxylation is 1. The summed E-state index contributed by atoms with van der Waals surface area (Å²) >= 11 is 6.11. The molecule has 5 rings (SSSR count). The Balaban J connectivity index is 1.40. The van der Waals surface area contributed by atoms with Crippen molar-refractivity contribution in [2.45, 2.75) is 44.6 Å². The topological polar surface area (TPSA) is 97.6 Å². The number of halogens is 2. The second-order valence-electron chi connectivity index (χ2n) is 9.06. The molecule has 0 radical (unpaired) electrons. The monoisotopic (exact) mass is 519 g/mol. The van der Waals surface area contributed by atoms with Crippen molar-refractivity contribution in [1.82, 2.24) is 29.8 Å². The molecular weight excluding hydrogens is 493 g/mol. The Hall–Kier alpha value is -3.85. The van der Waals surface area contributed by atoms with Gasteiger partial charge in [-0.2, -0.15) is 0 Å². The maximum atomic E-state index is 14.6. The number of carbonyl (C=O) groups is 1. The number of amides is 1. The molecule has 1 aliphatic rings. The molecule has 0 bridgehead atoms. The van der Waals surface area contributed by atoms with Crippen LogP contribution in [0.4, 0.5) is 15.9 Å². The predicted octanol–water partition coefficient (Wildman–Crippen LogP) is 5.75. The smallest absolute Gasteiger partial charge is 0.254 e. The summed E-state index contributed by atoms with van der Waals surface area (Å²) in [5.41, 5.74) is 2.14. The van der Waals surface area contributed by atoms with Crippen LogP contribution in [0.1, 0.15) is 53.9 Å². The molecule has 1 saturated carbocycles. The molecule has 0 spiro atoms. The lowest BCUT2D eigenvalue weighted by molar-refractivity contribution is 0.0953. The van der Waals surface area contributed by atoms with Crippen LogP contribution >= 0.6 is 11.6 Å². The Morgan fingerprint density at radius 2 is 2.00 bits per heavy atom. The molecule has 1 fully saturated rings. The first-order valence-electron chi connectivity index (χ1n) is 12.4. The first-order chi connectivity index (χ1) is 18.1. The number of benzene rings is 1. The van der Waals surface area contributed by atoms with Crippen molar-refractivity contribution in [1.29, 1.82) is 0 Å². The summed E-state index contributed by atoms with van der Waals surface area (Å²) in [6, 6.07) is 6.04. The van der Waals surface area contributed by atoms with E-state index in [1.54, 1.807) is 31.0 Å². The van der Waals surface area contributed by atoms with Gasteiger partial charge in [-0.05, 0) is 49.4 Å². The van der Waals surface area contributed by atoms with Crippen molar-refractivity contribution in [2.75, 3.05) is 11.9 Å². The highest BCUT2D eigenvalue weighted by atomic mass is 35.5. The standard InChI is InChI=1S/C27H27ClFN7O/c28-19-6-7-23(29)20(14-19)25-33-16-21(18-4-1-2-5-18)26(35-25)34-24-8-10-30-15-22(24)27(37)32-9-3-12-36-13-11-31-17-36/h6-8,10-11,13-18H,1-5,9,12H2,(H,32,37)(H,30,33,34,35). The lowest BCUT2D eigenvalue weighted by Gasteiger charge is -2.18. The van der Waals surface area contributed by atoms with Crippen molar-refractivity contribution < 1.29 is 9.18 Å². The zero-order chi connectivity index (χ0) is 25.6. The fraction of sp³-hybridized carbons (Fsp3) is 0.296. The lowest BCUT2D eigenvalue weighted by atomic mass is 9.99. The summed E-state index contributed by atoms with van der Waals surface area (Å²) in [5.74, 6) is 0.380. The summed E-state index contributed by atoms with van der Waals surface area (Å²) in [6.07, 6.45) is 15.4. The van der Waals surface area contributed by atoms with E-state index in [-0.39, 0.29) is 17.3 Å². The summed E-state index contributed by atoms with van der Waals surface area (Å²) in [7, 11) is 0. The normalized spacial score (nSPS) is 13.6. The van der Waals surface area contributed by atoms with E-state index in [9.17, 15) is 9.18 Å². The van der Waals surface area contributed by atoms with Gasteiger partial charge >= 0.3 is 0 Å². The minimum absolute atomic E-state index is 0.221. The largest absolute Gasteiger partial charge is 0.352 e. The van der Waals surface area contributed by atoms with Crippen LogP contribution in [0.2, 0.25) is 5.02 Å². The van der Waals surface area contributed by atoms with Crippen molar-refractivity contribution in [2.24, 2.45) is 0 Å². The maximum Gasteiger partial charge on any atom is 0.254 e. The molecule has 10 heteroatoms. The van der Waals surface area contributed by atoms with E-state index in [0.29, 0.717) is 34.6 Å². The number of aromatic nitrogens is 5. The molecule has 0 atom stereocenters. The van der Waals surface area contributed by atoms with Gasteiger partial charge in [-0.15, -0.1) is 0 Å². The maximum absolute atomic E-state index is 14.6. The number of hydrogen-bond donors (Lipinski definition) is 2. The number of nitrogens with one attached hydrogen (secondary N) is 2. The van der Waals surface area contributed by atoms with E-state index in [1.165, 1.54) is 24.4 Å². The molecule has 37 heavy (non-hydrogen) atoms. The third-order valence-electron chi connectivity index (χ3n) is 6.54. The number of nitrogens with zero attached hydrogens (tertiary/aromatic N) is 5. The van der Waals surface area contributed by atoms with Gasteiger partial charge in [0, 0.05) is 54.7 Å². The highest BCUT2D eigenvalue weighted by Gasteiger charge is 2.24. The summed E-state index contributed by atoms with van der Waals surface area (Å²) in [5, 5.41) is 6.69. The SMILES string of the molecule is O=C(NCCCn1ccnc1)c1cnccc1Nc1nc(-c2cc(Cl)ccc2F)ncc1C1CCCC1. The molecule has 190 valence electrons. The second kappa shape index (κ2) is 11.5. The summed E-state index contributed by atoms with van der Waals surface area (Å²) in [6.45, 7) is 1.26. The first kappa shape index (κ1) is 24.8. The molecule has 4 aromatic rings. The van der Waals surface area contributed by atoms with Gasteiger partial charge in [0.2, 0.25) is 0 Å². The number of pyridine rings is 1. The van der Waals surface area contributed by atoms with Gasteiger partial charge in [0.05, 0.1) is 23.1 Å². The first-order valence-corrected chi connectivity index (χ1v) is 12.7. The van der Waals surface area contributed by atoms with Crippen LogP contribution in [0.3, 0.4) is 0 Å². The average Bonchev–Trinajstić information content (AvgIpc) is 3.63. The Labute approximate surface area is 219 Å². The van der Waals surface area contributed by atoms with Crippen LogP contribution in [0.5, 0.6) is 0 Å². The molecule has 3 aromatic heterocycles. The quantitative estimate of drug-likeness (QED) is 0.273. The van der Waals surface area contributed by atoms with Crippen molar-refractivity contribution in [3.05, 3.63) is 83.5 Å². The van der Waals surface area contributed by atoms with Gasteiger partial charge in [0.1, 0.15) is 11.6 Å². The summed E-state index contributed by atoms with van der Waals surface area (Å²) < 4.78 is 16.6. The van der Waals surface area contributed by atoms with Gasteiger partial charge in [-0.25, -0.2) is 19.3 Å². The predicted molar refractivity (Wildman–Crippen MR) is 140 cm³/mol. The van der Waals surface area contributed by atoms with E-state index >= 15 is 0 Å². The zero-order valence-electron chi connectivity index (χ0n) is 20.2. The number of imidazole rings is 1. The molecular formula is C27H27ClFN7O. The van der Waals surface area contributed by atoms with Crippen LogP contribution in [0.15, 0.2) is 61.6 Å². The van der Waals surface area contributed by atoms with Gasteiger partial charge in [-0.3, -0.25) is 9.78 Å². The number of hydrogen-bond acceptors (Lipinski definition) is 6.